The van der Waals surface area contributed by atoms with E-state index in [4.69, 9.17) is 0 Å². The molecule has 0 aliphatic heterocycles. The number of rotatable bonds is 6. The van der Waals surface area contributed by atoms with Crippen LogP contribution in [0.25, 0.3) is 0 Å². The third kappa shape index (κ3) is 6.58. The van der Waals surface area contributed by atoms with Crippen molar-refractivity contribution in [3.63, 3.8) is 0 Å². The van der Waals surface area contributed by atoms with Crippen molar-refractivity contribution in [3.05, 3.63) is 11.6 Å². The monoisotopic (exact) mass is 230 g/mol. The second-order valence-electron chi connectivity index (χ2n) is 4.33. The summed E-state index contributed by atoms with van der Waals surface area (Å²) in [5, 5.41) is 19.0. The summed E-state index contributed by atoms with van der Waals surface area (Å²) in [6.07, 6.45) is 1.19. The van der Waals surface area contributed by atoms with Gasteiger partial charge in [0, 0.05) is 6.92 Å². The Morgan fingerprint density at radius 1 is 1.31 bits per heavy atom. The number of aliphatic hydroxyl groups is 2. The Morgan fingerprint density at radius 2 is 1.88 bits per heavy atom. The van der Waals surface area contributed by atoms with Gasteiger partial charge in [0.05, 0.1) is 0 Å². The number of ether oxygens (including phenoxy) is 1. The summed E-state index contributed by atoms with van der Waals surface area (Å²) in [5.41, 5.74) is 1.22. The van der Waals surface area contributed by atoms with E-state index in [9.17, 15) is 15.0 Å². The number of hydrogen-bond donors (Lipinski definition) is 2. The van der Waals surface area contributed by atoms with Gasteiger partial charge < -0.3 is 14.9 Å². The SMILES string of the molecule is CC(=O)OC(O)C(O)C(C)CCC=C(C)C. The minimum absolute atomic E-state index is 0.120. The molecule has 0 bridgehead atoms. The van der Waals surface area contributed by atoms with Crippen LogP contribution >= 0.6 is 0 Å². The fourth-order valence-electron chi connectivity index (χ4n) is 1.33. The Bertz CT molecular complexity index is 243. The van der Waals surface area contributed by atoms with E-state index in [1.807, 2.05) is 20.8 Å². The maximum absolute atomic E-state index is 10.6. The van der Waals surface area contributed by atoms with Crippen LogP contribution in [0.5, 0.6) is 0 Å². The number of hydrogen-bond acceptors (Lipinski definition) is 4. The highest BCUT2D eigenvalue weighted by Crippen LogP contribution is 2.15. The molecule has 0 spiro atoms. The standard InChI is InChI=1S/C12H22O4/c1-8(2)6-5-7-9(3)11(14)12(15)16-10(4)13/h6,9,11-12,14-15H,5,7H2,1-4H3. The van der Waals surface area contributed by atoms with Crippen LogP contribution in [-0.2, 0) is 9.53 Å². The molecule has 16 heavy (non-hydrogen) atoms. The van der Waals surface area contributed by atoms with Gasteiger partial charge >= 0.3 is 5.97 Å². The fourth-order valence-corrected chi connectivity index (χ4v) is 1.33. The van der Waals surface area contributed by atoms with E-state index in [2.05, 4.69) is 10.8 Å². The first-order valence-corrected chi connectivity index (χ1v) is 5.51. The van der Waals surface area contributed by atoms with Crippen LogP contribution < -0.4 is 0 Å². The predicted molar refractivity (Wildman–Crippen MR) is 61.6 cm³/mol. The average molecular weight is 230 g/mol. The number of carbonyl (C=O) groups excluding carboxylic acids is 1. The van der Waals surface area contributed by atoms with Crippen molar-refractivity contribution < 1.29 is 19.7 Å². The van der Waals surface area contributed by atoms with Crippen LogP contribution in [-0.4, -0.2) is 28.6 Å². The number of carbonyl (C=O) groups is 1. The Morgan fingerprint density at radius 3 is 2.31 bits per heavy atom. The summed E-state index contributed by atoms with van der Waals surface area (Å²) in [7, 11) is 0. The van der Waals surface area contributed by atoms with Crippen molar-refractivity contribution in [2.75, 3.05) is 0 Å². The molecule has 94 valence electrons. The Balaban J connectivity index is 4.01. The van der Waals surface area contributed by atoms with E-state index < -0.39 is 18.4 Å². The molecule has 0 amide bonds. The van der Waals surface area contributed by atoms with Crippen LogP contribution in [0.1, 0.15) is 40.5 Å². The summed E-state index contributed by atoms with van der Waals surface area (Å²) in [4.78, 5) is 10.6. The van der Waals surface area contributed by atoms with Crippen molar-refractivity contribution in [1.29, 1.82) is 0 Å². The normalized spacial score (nSPS) is 16.1. The lowest BCUT2D eigenvalue weighted by atomic mass is 9.98. The molecular formula is C12H22O4. The summed E-state index contributed by atoms with van der Waals surface area (Å²) < 4.78 is 4.51. The predicted octanol–water partition coefficient (Wildman–Crippen LogP) is 1.61. The molecule has 0 heterocycles. The van der Waals surface area contributed by atoms with Crippen molar-refractivity contribution >= 4 is 5.97 Å². The van der Waals surface area contributed by atoms with Crippen molar-refractivity contribution in [2.24, 2.45) is 5.92 Å². The largest absolute Gasteiger partial charge is 0.433 e. The molecule has 0 aromatic rings. The summed E-state index contributed by atoms with van der Waals surface area (Å²) in [5.74, 6) is -0.715. The molecule has 0 radical (unpaired) electrons. The van der Waals surface area contributed by atoms with Crippen LogP contribution in [0.4, 0.5) is 0 Å². The summed E-state index contributed by atoms with van der Waals surface area (Å²) >= 11 is 0. The second kappa shape index (κ2) is 7.41. The molecule has 4 nitrogen and oxygen atoms in total. The van der Waals surface area contributed by atoms with Gasteiger partial charge in [0.15, 0.2) is 0 Å². The van der Waals surface area contributed by atoms with Gasteiger partial charge in [0.2, 0.25) is 6.29 Å². The van der Waals surface area contributed by atoms with E-state index in [0.29, 0.717) is 0 Å². The van der Waals surface area contributed by atoms with Crippen LogP contribution in [0, 0.1) is 5.92 Å². The summed E-state index contributed by atoms with van der Waals surface area (Å²) in [6, 6.07) is 0. The van der Waals surface area contributed by atoms with Crippen molar-refractivity contribution in [3.8, 4) is 0 Å². The number of allylic oxidation sites excluding steroid dienone is 2. The third-order valence-electron chi connectivity index (χ3n) is 2.34. The fraction of sp³-hybridized carbons (Fsp3) is 0.750. The molecule has 4 heteroatoms. The highest BCUT2D eigenvalue weighted by molar-refractivity contribution is 5.66. The third-order valence-corrected chi connectivity index (χ3v) is 2.34. The molecule has 0 aliphatic rings. The Kier molecular flexibility index (Phi) is 7.01. The van der Waals surface area contributed by atoms with Gasteiger partial charge in [-0.05, 0) is 32.6 Å². The highest BCUT2D eigenvalue weighted by Gasteiger charge is 2.24. The molecule has 0 aliphatic carbocycles. The minimum atomic E-state index is -1.43. The van der Waals surface area contributed by atoms with E-state index >= 15 is 0 Å². The van der Waals surface area contributed by atoms with Gasteiger partial charge in [-0.2, -0.15) is 0 Å². The van der Waals surface area contributed by atoms with E-state index in [0.717, 1.165) is 12.8 Å². The zero-order valence-corrected chi connectivity index (χ0v) is 10.4. The van der Waals surface area contributed by atoms with E-state index in [-0.39, 0.29) is 5.92 Å². The topological polar surface area (TPSA) is 66.8 Å². The van der Waals surface area contributed by atoms with Gasteiger partial charge in [-0.3, -0.25) is 4.79 Å². The molecule has 0 rings (SSSR count). The molecule has 3 unspecified atom stereocenters. The van der Waals surface area contributed by atoms with Gasteiger partial charge in [-0.15, -0.1) is 0 Å². The minimum Gasteiger partial charge on any atom is -0.433 e. The van der Waals surface area contributed by atoms with Crippen molar-refractivity contribution in [2.45, 2.75) is 52.9 Å². The van der Waals surface area contributed by atoms with Crippen LogP contribution in [0.2, 0.25) is 0 Å². The molecule has 3 atom stereocenters. The lowest BCUT2D eigenvalue weighted by Crippen LogP contribution is -2.35. The second-order valence-corrected chi connectivity index (χ2v) is 4.33. The van der Waals surface area contributed by atoms with E-state index in [1.165, 1.54) is 12.5 Å². The number of aliphatic hydroxyl groups excluding tert-OH is 2. The van der Waals surface area contributed by atoms with Gasteiger partial charge in [0.25, 0.3) is 0 Å². The smallest absolute Gasteiger partial charge is 0.305 e. The Hall–Kier alpha value is -0.870. The zero-order chi connectivity index (χ0) is 12.7. The molecule has 0 aromatic heterocycles. The quantitative estimate of drug-likeness (QED) is 0.413. The molecule has 0 fully saturated rings. The van der Waals surface area contributed by atoms with Crippen LogP contribution in [0.15, 0.2) is 11.6 Å². The lowest BCUT2D eigenvalue weighted by Gasteiger charge is -2.22. The first-order chi connectivity index (χ1) is 7.34. The molecule has 2 N–H and O–H groups in total. The van der Waals surface area contributed by atoms with Crippen LogP contribution in [0.3, 0.4) is 0 Å². The zero-order valence-electron chi connectivity index (χ0n) is 10.4. The maximum Gasteiger partial charge on any atom is 0.305 e. The highest BCUT2D eigenvalue weighted by atomic mass is 16.6. The lowest BCUT2D eigenvalue weighted by molar-refractivity contribution is -0.190. The van der Waals surface area contributed by atoms with Gasteiger partial charge in [0.1, 0.15) is 6.10 Å². The van der Waals surface area contributed by atoms with E-state index in [1.54, 1.807) is 0 Å². The van der Waals surface area contributed by atoms with Gasteiger partial charge in [-0.25, -0.2) is 0 Å². The molecule has 0 saturated heterocycles. The van der Waals surface area contributed by atoms with Crippen molar-refractivity contribution in [1.82, 2.24) is 0 Å². The number of esters is 1. The molecular weight excluding hydrogens is 208 g/mol. The molecule has 0 aromatic carbocycles. The maximum atomic E-state index is 10.6. The Labute approximate surface area is 96.9 Å². The molecule has 0 saturated carbocycles. The first-order valence-electron chi connectivity index (χ1n) is 5.51. The van der Waals surface area contributed by atoms with Gasteiger partial charge in [-0.1, -0.05) is 18.6 Å². The average Bonchev–Trinajstić information content (AvgIpc) is 2.14. The summed E-state index contributed by atoms with van der Waals surface area (Å²) in [6.45, 7) is 7.03. The first kappa shape index (κ1) is 15.1.